The normalized spacial score (nSPS) is 18.3. The predicted octanol–water partition coefficient (Wildman–Crippen LogP) is 5.28. The Morgan fingerprint density at radius 3 is 2.42 bits per heavy atom. The summed E-state index contributed by atoms with van der Waals surface area (Å²) in [5.74, 6) is -0.983. The Morgan fingerprint density at radius 2 is 1.76 bits per heavy atom. The third kappa shape index (κ3) is 5.16. The zero-order valence-corrected chi connectivity index (χ0v) is 17.8. The first-order valence-corrected chi connectivity index (χ1v) is 10.8. The number of esters is 1. The number of nitrogens with zero attached hydrogens (tertiary/aromatic N) is 1. The average molecular weight is 461 g/mol. The van der Waals surface area contributed by atoms with Gasteiger partial charge in [-0.15, -0.1) is 0 Å². The summed E-state index contributed by atoms with van der Waals surface area (Å²) in [4.78, 5) is 26.5. The number of piperidine rings is 1. The molecular weight excluding hydrogens is 438 g/mol. The lowest BCUT2D eigenvalue weighted by Crippen LogP contribution is -2.45. The van der Waals surface area contributed by atoms with Crippen molar-refractivity contribution in [3.63, 3.8) is 0 Å². The Labute approximate surface area is 188 Å². The van der Waals surface area contributed by atoms with Crippen molar-refractivity contribution in [2.75, 3.05) is 19.6 Å². The molecule has 2 aliphatic rings. The van der Waals surface area contributed by atoms with E-state index in [4.69, 9.17) is 4.74 Å². The minimum Gasteiger partial charge on any atom is -0.451 e. The zero-order valence-electron chi connectivity index (χ0n) is 17.8. The summed E-state index contributed by atoms with van der Waals surface area (Å²) in [6.07, 6.45) is -1.29. The molecule has 2 aliphatic heterocycles. The topological polar surface area (TPSA) is 46.6 Å². The molecule has 0 atom stereocenters. The van der Waals surface area contributed by atoms with Crippen LogP contribution < -0.4 is 0 Å². The van der Waals surface area contributed by atoms with Crippen LogP contribution in [0.25, 0.3) is 5.57 Å². The molecular formula is C25H23F4NO3. The number of carbonyl (C=O) groups is 2. The van der Waals surface area contributed by atoms with E-state index in [2.05, 4.69) is 4.90 Å². The smallest absolute Gasteiger partial charge is 0.416 e. The van der Waals surface area contributed by atoms with Gasteiger partial charge in [-0.05, 0) is 54.9 Å². The molecule has 2 aromatic carbocycles. The standard InChI is InChI=1S/C25H23F4NO3/c26-20-8-6-17(7-9-20)22(31)5-2-12-30-13-10-24(11-14-30)21(16-23(32)33-24)18-3-1-4-19(15-18)25(27,28)29/h1,3-4,6-9,15-16H,2,5,10-14H2. The number of hydrogen-bond acceptors (Lipinski definition) is 4. The summed E-state index contributed by atoms with van der Waals surface area (Å²) >= 11 is 0. The van der Waals surface area contributed by atoms with Crippen molar-refractivity contribution in [1.29, 1.82) is 0 Å². The SMILES string of the molecule is O=C1C=C(c2cccc(C(F)(F)F)c2)C2(CCN(CCCC(=O)c3ccc(F)cc3)CC2)O1. The molecule has 1 saturated heterocycles. The molecule has 0 radical (unpaired) electrons. The highest BCUT2D eigenvalue weighted by molar-refractivity contribution is 5.99. The van der Waals surface area contributed by atoms with Gasteiger partial charge >= 0.3 is 12.1 Å². The third-order valence-electron chi connectivity index (χ3n) is 6.26. The van der Waals surface area contributed by atoms with Crippen LogP contribution in [0.3, 0.4) is 0 Å². The van der Waals surface area contributed by atoms with E-state index in [1.54, 1.807) is 6.07 Å². The second-order valence-electron chi connectivity index (χ2n) is 8.43. The number of benzene rings is 2. The van der Waals surface area contributed by atoms with Gasteiger partial charge in [-0.1, -0.05) is 12.1 Å². The van der Waals surface area contributed by atoms with Gasteiger partial charge in [-0.25, -0.2) is 9.18 Å². The fourth-order valence-electron chi connectivity index (χ4n) is 4.49. The second kappa shape index (κ2) is 9.09. The van der Waals surface area contributed by atoms with Crippen molar-refractivity contribution in [2.24, 2.45) is 0 Å². The average Bonchev–Trinajstić information content (AvgIpc) is 3.10. The van der Waals surface area contributed by atoms with Gasteiger partial charge in [0.1, 0.15) is 11.4 Å². The largest absolute Gasteiger partial charge is 0.451 e. The highest BCUT2D eigenvalue weighted by Gasteiger charge is 2.46. The number of halogens is 4. The van der Waals surface area contributed by atoms with Crippen LogP contribution in [0.5, 0.6) is 0 Å². The molecule has 0 saturated carbocycles. The zero-order chi connectivity index (χ0) is 23.6. The van der Waals surface area contributed by atoms with E-state index >= 15 is 0 Å². The maximum atomic E-state index is 13.2. The van der Waals surface area contributed by atoms with E-state index in [9.17, 15) is 27.2 Å². The molecule has 0 bridgehead atoms. The van der Waals surface area contributed by atoms with Gasteiger partial charge in [-0.3, -0.25) is 4.79 Å². The monoisotopic (exact) mass is 461 g/mol. The molecule has 2 heterocycles. The second-order valence-corrected chi connectivity index (χ2v) is 8.43. The van der Waals surface area contributed by atoms with Crippen LogP contribution in [0, 0.1) is 5.82 Å². The molecule has 4 nitrogen and oxygen atoms in total. The Balaban J connectivity index is 1.36. The molecule has 1 spiro atoms. The number of ether oxygens (including phenoxy) is 1. The van der Waals surface area contributed by atoms with Crippen molar-refractivity contribution < 1.29 is 31.9 Å². The molecule has 33 heavy (non-hydrogen) atoms. The number of Topliss-reactive ketones (excluding diaryl/α,β-unsaturated/α-hetero) is 1. The third-order valence-corrected chi connectivity index (χ3v) is 6.26. The van der Waals surface area contributed by atoms with Crippen molar-refractivity contribution in [3.05, 3.63) is 77.1 Å². The lowest BCUT2D eigenvalue weighted by molar-refractivity contribution is -0.148. The quantitative estimate of drug-likeness (QED) is 0.334. The first-order valence-electron chi connectivity index (χ1n) is 10.8. The molecule has 0 unspecified atom stereocenters. The fraction of sp³-hybridized carbons (Fsp3) is 0.360. The number of carbonyl (C=O) groups excluding carboxylic acids is 2. The highest BCUT2D eigenvalue weighted by atomic mass is 19.4. The van der Waals surface area contributed by atoms with Gasteiger partial charge in [0.15, 0.2) is 5.78 Å². The minimum absolute atomic E-state index is 0.0528. The van der Waals surface area contributed by atoms with Gasteiger partial charge in [0.05, 0.1) is 5.56 Å². The Hall–Kier alpha value is -3.00. The van der Waals surface area contributed by atoms with Crippen molar-refractivity contribution in [2.45, 2.75) is 37.5 Å². The maximum Gasteiger partial charge on any atom is 0.416 e. The Morgan fingerprint density at radius 1 is 1.06 bits per heavy atom. The Bertz CT molecular complexity index is 1070. The number of rotatable bonds is 6. The van der Waals surface area contributed by atoms with E-state index < -0.39 is 23.3 Å². The van der Waals surface area contributed by atoms with Crippen LogP contribution in [0.15, 0.2) is 54.6 Å². The maximum absolute atomic E-state index is 13.2. The molecule has 8 heteroatoms. The lowest BCUT2D eigenvalue weighted by Gasteiger charge is -2.40. The van der Waals surface area contributed by atoms with E-state index in [0.717, 1.165) is 12.1 Å². The van der Waals surface area contributed by atoms with Gasteiger partial charge in [0.2, 0.25) is 0 Å². The Kier molecular flexibility index (Phi) is 6.38. The van der Waals surface area contributed by atoms with Gasteiger partial charge in [0, 0.05) is 49.6 Å². The highest BCUT2D eigenvalue weighted by Crippen LogP contribution is 2.44. The summed E-state index contributed by atoms with van der Waals surface area (Å²) in [7, 11) is 0. The molecule has 0 aromatic heterocycles. The number of likely N-dealkylation sites (tertiary alicyclic amines) is 1. The summed E-state index contributed by atoms with van der Waals surface area (Å²) in [5.41, 5.74) is -0.387. The van der Waals surface area contributed by atoms with Crippen LogP contribution in [-0.4, -0.2) is 41.9 Å². The van der Waals surface area contributed by atoms with Crippen LogP contribution in [0.1, 0.15) is 47.2 Å². The van der Waals surface area contributed by atoms with E-state index in [1.165, 1.54) is 36.4 Å². The molecule has 4 rings (SSSR count). The fourth-order valence-corrected chi connectivity index (χ4v) is 4.49. The van der Waals surface area contributed by atoms with E-state index in [0.29, 0.717) is 62.0 Å². The minimum atomic E-state index is -4.47. The summed E-state index contributed by atoms with van der Waals surface area (Å²) in [5, 5.41) is 0. The summed E-state index contributed by atoms with van der Waals surface area (Å²) < 4.78 is 58.1. The van der Waals surface area contributed by atoms with E-state index in [-0.39, 0.29) is 11.6 Å². The first-order chi connectivity index (χ1) is 15.7. The predicted molar refractivity (Wildman–Crippen MR) is 114 cm³/mol. The molecule has 1 fully saturated rings. The molecule has 174 valence electrons. The van der Waals surface area contributed by atoms with Crippen LogP contribution in [0.4, 0.5) is 17.6 Å². The molecule has 0 N–H and O–H groups in total. The lowest BCUT2D eigenvalue weighted by atomic mass is 9.81. The molecule has 2 aromatic rings. The number of ketones is 1. The van der Waals surface area contributed by atoms with Crippen molar-refractivity contribution in [1.82, 2.24) is 4.90 Å². The van der Waals surface area contributed by atoms with Crippen LogP contribution in [-0.2, 0) is 15.7 Å². The molecule has 0 amide bonds. The number of hydrogen-bond donors (Lipinski definition) is 0. The van der Waals surface area contributed by atoms with Gasteiger partial charge < -0.3 is 9.64 Å². The van der Waals surface area contributed by atoms with Crippen molar-refractivity contribution >= 4 is 17.3 Å². The first kappa shape index (κ1) is 23.2. The van der Waals surface area contributed by atoms with Gasteiger partial charge in [-0.2, -0.15) is 13.2 Å². The molecule has 0 aliphatic carbocycles. The van der Waals surface area contributed by atoms with Crippen LogP contribution in [0.2, 0.25) is 0 Å². The summed E-state index contributed by atoms with van der Waals surface area (Å²) in [6, 6.07) is 10.4. The van der Waals surface area contributed by atoms with Crippen molar-refractivity contribution in [3.8, 4) is 0 Å². The van der Waals surface area contributed by atoms with Crippen LogP contribution >= 0.6 is 0 Å². The number of alkyl halides is 3. The van der Waals surface area contributed by atoms with Gasteiger partial charge in [0.25, 0.3) is 0 Å². The summed E-state index contributed by atoms with van der Waals surface area (Å²) in [6.45, 7) is 1.85. The van der Waals surface area contributed by atoms with E-state index in [1.807, 2.05) is 0 Å².